The third-order valence-electron chi connectivity index (χ3n) is 1.80. The predicted molar refractivity (Wildman–Crippen MR) is 58.9 cm³/mol. The average molecular weight is 249 g/mol. The summed E-state index contributed by atoms with van der Waals surface area (Å²) < 4.78 is 0.764. The van der Waals surface area contributed by atoms with Crippen LogP contribution in [0.15, 0.2) is 11.1 Å². The van der Waals surface area contributed by atoms with Gasteiger partial charge in [-0.1, -0.05) is 36.4 Å². The Hall–Kier alpha value is -0.510. The fourth-order valence-corrected chi connectivity index (χ4v) is 0.741. The van der Waals surface area contributed by atoms with Crippen LogP contribution in [-0.2, 0) is 0 Å². The molecule has 76 valence electrons. The highest BCUT2D eigenvalue weighted by Gasteiger charge is 2.09. The molecular formula is C9H17BrN2O. The van der Waals surface area contributed by atoms with E-state index in [-0.39, 0.29) is 12.1 Å². The molecular weight excluding hydrogens is 232 g/mol. The van der Waals surface area contributed by atoms with Crippen molar-refractivity contribution in [1.29, 1.82) is 0 Å². The van der Waals surface area contributed by atoms with E-state index >= 15 is 0 Å². The van der Waals surface area contributed by atoms with Crippen LogP contribution >= 0.6 is 15.9 Å². The summed E-state index contributed by atoms with van der Waals surface area (Å²) in [4.78, 5) is 11.2. The second kappa shape index (κ2) is 6.02. The van der Waals surface area contributed by atoms with Crippen molar-refractivity contribution >= 4 is 22.0 Å². The molecule has 0 aromatic heterocycles. The summed E-state index contributed by atoms with van der Waals surface area (Å²) in [5.41, 5.74) is 0. The molecule has 2 amide bonds. The minimum atomic E-state index is -0.151. The minimum Gasteiger partial charge on any atom is -0.335 e. The van der Waals surface area contributed by atoms with E-state index in [1.54, 1.807) is 0 Å². The fraction of sp³-hybridized carbons (Fsp3) is 0.667. The lowest BCUT2D eigenvalue weighted by Crippen LogP contribution is -2.43. The van der Waals surface area contributed by atoms with Gasteiger partial charge in [0.05, 0.1) is 6.54 Å². The molecule has 0 bridgehead atoms. The highest BCUT2D eigenvalue weighted by Crippen LogP contribution is 2.00. The normalized spacial score (nSPS) is 12.4. The Kier molecular flexibility index (Phi) is 5.79. The lowest BCUT2D eigenvalue weighted by molar-refractivity contribution is 0.235. The summed E-state index contributed by atoms with van der Waals surface area (Å²) in [6, 6.07) is 0.0328. The number of hydrogen-bond acceptors (Lipinski definition) is 1. The van der Waals surface area contributed by atoms with E-state index < -0.39 is 0 Å². The van der Waals surface area contributed by atoms with Gasteiger partial charge in [-0.3, -0.25) is 0 Å². The van der Waals surface area contributed by atoms with E-state index in [1.165, 1.54) is 0 Å². The number of amides is 2. The summed E-state index contributed by atoms with van der Waals surface area (Å²) in [6.45, 7) is 10.2. The molecule has 0 saturated heterocycles. The quantitative estimate of drug-likeness (QED) is 0.788. The largest absolute Gasteiger partial charge is 0.335 e. The van der Waals surface area contributed by atoms with E-state index in [9.17, 15) is 4.79 Å². The third kappa shape index (κ3) is 6.63. The van der Waals surface area contributed by atoms with Gasteiger partial charge in [0.15, 0.2) is 0 Å². The summed E-state index contributed by atoms with van der Waals surface area (Å²) in [5.74, 6) is 0.443. The maximum absolute atomic E-state index is 11.2. The van der Waals surface area contributed by atoms with Crippen LogP contribution in [0, 0.1) is 5.92 Å². The minimum absolute atomic E-state index is 0.151. The first-order valence-corrected chi connectivity index (χ1v) is 5.10. The highest BCUT2D eigenvalue weighted by atomic mass is 79.9. The van der Waals surface area contributed by atoms with Gasteiger partial charge in [-0.25, -0.2) is 4.79 Å². The van der Waals surface area contributed by atoms with Crippen LogP contribution in [0.2, 0.25) is 0 Å². The van der Waals surface area contributed by atoms with Gasteiger partial charge in [0.1, 0.15) is 0 Å². The molecule has 0 aromatic carbocycles. The molecule has 0 radical (unpaired) electrons. The number of halogens is 1. The number of carbonyl (C=O) groups excluding carboxylic acids is 1. The molecule has 0 aromatic rings. The molecule has 0 aliphatic heterocycles. The summed E-state index contributed by atoms with van der Waals surface area (Å²) in [6.07, 6.45) is 0. The molecule has 4 heteroatoms. The smallest absolute Gasteiger partial charge is 0.315 e. The van der Waals surface area contributed by atoms with Gasteiger partial charge in [0.2, 0.25) is 0 Å². The molecule has 2 N–H and O–H groups in total. The number of nitrogens with one attached hydrogen (secondary N) is 2. The first-order valence-electron chi connectivity index (χ1n) is 4.31. The van der Waals surface area contributed by atoms with Crippen molar-refractivity contribution in [1.82, 2.24) is 10.6 Å². The summed E-state index contributed by atoms with van der Waals surface area (Å²) in [7, 11) is 0. The molecule has 13 heavy (non-hydrogen) atoms. The van der Waals surface area contributed by atoms with Crippen LogP contribution in [0.25, 0.3) is 0 Å². The van der Waals surface area contributed by atoms with Gasteiger partial charge >= 0.3 is 6.03 Å². The lowest BCUT2D eigenvalue weighted by Gasteiger charge is -2.17. The SMILES string of the molecule is C=C(Br)CNC(=O)NC(C)C(C)C. The maximum Gasteiger partial charge on any atom is 0.315 e. The number of hydrogen-bond donors (Lipinski definition) is 2. The van der Waals surface area contributed by atoms with Gasteiger partial charge in [-0.05, 0) is 12.8 Å². The van der Waals surface area contributed by atoms with Crippen molar-refractivity contribution < 1.29 is 4.79 Å². The van der Waals surface area contributed by atoms with E-state index in [0.717, 1.165) is 4.48 Å². The van der Waals surface area contributed by atoms with Crippen LogP contribution in [0.1, 0.15) is 20.8 Å². The molecule has 0 fully saturated rings. The van der Waals surface area contributed by atoms with Crippen molar-refractivity contribution in [3.63, 3.8) is 0 Å². The molecule has 3 nitrogen and oxygen atoms in total. The molecule has 0 saturated carbocycles. The van der Waals surface area contributed by atoms with Crippen LogP contribution in [0.5, 0.6) is 0 Å². The van der Waals surface area contributed by atoms with Crippen molar-refractivity contribution in [2.75, 3.05) is 6.54 Å². The van der Waals surface area contributed by atoms with Crippen LogP contribution < -0.4 is 10.6 Å². The van der Waals surface area contributed by atoms with Crippen LogP contribution in [0.3, 0.4) is 0 Å². The molecule has 0 aliphatic rings. The second-order valence-corrected chi connectivity index (χ2v) is 4.50. The third-order valence-corrected chi connectivity index (χ3v) is 2.08. The first kappa shape index (κ1) is 12.5. The molecule has 0 aliphatic carbocycles. The Morgan fingerprint density at radius 2 is 2.00 bits per heavy atom. The van der Waals surface area contributed by atoms with E-state index in [4.69, 9.17) is 0 Å². The highest BCUT2D eigenvalue weighted by molar-refractivity contribution is 9.11. The van der Waals surface area contributed by atoms with Crippen molar-refractivity contribution in [2.45, 2.75) is 26.8 Å². The van der Waals surface area contributed by atoms with Crippen molar-refractivity contribution in [2.24, 2.45) is 5.92 Å². The van der Waals surface area contributed by atoms with Crippen molar-refractivity contribution in [3.8, 4) is 0 Å². The van der Waals surface area contributed by atoms with Gasteiger partial charge in [0, 0.05) is 10.5 Å². The Labute approximate surface area is 88.1 Å². The van der Waals surface area contributed by atoms with Gasteiger partial charge < -0.3 is 10.6 Å². The predicted octanol–water partition coefficient (Wildman–Crippen LogP) is 2.24. The molecule has 0 spiro atoms. The lowest BCUT2D eigenvalue weighted by atomic mass is 10.1. The summed E-state index contributed by atoms with van der Waals surface area (Å²) >= 11 is 3.16. The van der Waals surface area contributed by atoms with E-state index in [1.807, 2.05) is 6.92 Å². The number of carbonyl (C=O) groups is 1. The Morgan fingerprint density at radius 1 is 1.46 bits per heavy atom. The Bertz CT molecular complexity index is 192. The maximum atomic E-state index is 11.2. The van der Waals surface area contributed by atoms with Gasteiger partial charge in [-0.15, -0.1) is 0 Å². The zero-order valence-corrected chi connectivity index (χ0v) is 9.94. The first-order chi connectivity index (χ1) is 5.93. The Balaban J connectivity index is 3.68. The molecule has 1 atom stereocenters. The van der Waals surface area contributed by atoms with Crippen LogP contribution in [0.4, 0.5) is 4.79 Å². The molecule has 0 heterocycles. The molecule has 1 unspecified atom stereocenters. The average Bonchev–Trinajstić information content (AvgIpc) is 2.00. The standard InChI is InChI=1S/C9H17BrN2O/c1-6(2)8(4)12-9(13)11-5-7(3)10/h6,8H,3,5H2,1-2,4H3,(H2,11,12,13). The second-order valence-electron chi connectivity index (χ2n) is 3.38. The Morgan fingerprint density at radius 3 is 2.38 bits per heavy atom. The topological polar surface area (TPSA) is 41.1 Å². The van der Waals surface area contributed by atoms with Gasteiger partial charge in [0.25, 0.3) is 0 Å². The zero-order chi connectivity index (χ0) is 10.4. The zero-order valence-electron chi connectivity index (χ0n) is 8.36. The number of rotatable bonds is 4. The summed E-state index contributed by atoms with van der Waals surface area (Å²) in [5, 5.41) is 5.49. The van der Waals surface area contributed by atoms with E-state index in [0.29, 0.717) is 12.5 Å². The van der Waals surface area contributed by atoms with E-state index in [2.05, 4.69) is 47.0 Å². The molecule has 0 rings (SSSR count). The monoisotopic (exact) mass is 248 g/mol. The van der Waals surface area contributed by atoms with Gasteiger partial charge in [-0.2, -0.15) is 0 Å². The van der Waals surface area contributed by atoms with Crippen LogP contribution in [-0.4, -0.2) is 18.6 Å². The fourth-order valence-electron chi connectivity index (χ4n) is 0.601. The van der Waals surface area contributed by atoms with Crippen molar-refractivity contribution in [3.05, 3.63) is 11.1 Å². The number of urea groups is 1.